The van der Waals surface area contributed by atoms with Gasteiger partial charge in [-0.15, -0.1) is 0 Å². The number of hydrogen-bond acceptors (Lipinski definition) is 7. The zero-order valence-electron chi connectivity index (χ0n) is 19.7. The van der Waals surface area contributed by atoms with Crippen LogP contribution in [0.1, 0.15) is 34.3 Å². The van der Waals surface area contributed by atoms with Crippen molar-refractivity contribution in [2.45, 2.75) is 29.8 Å². The van der Waals surface area contributed by atoms with Crippen LogP contribution >= 0.6 is 0 Å². The molecule has 186 valence electrons. The predicted molar refractivity (Wildman–Crippen MR) is 135 cm³/mol. The molecule has 37 heavy (non-hydrogen) atoms. The zero-order valence-corrected chi connectivity index (χ0v) is 19.7. The average Bonchev–Trinajstić information content (AvgIpc) is 3.62. The van der Waals surface area contributed by atoms with Crippen molar-refractivity contribution in [1.29, 1.82) is 0 Å². The Bertz CT molecular complexity index is 1430. The minimum Gasteiger partial charge on any atom is -0.733 e. The lowest BCUT2D eigenvalue weighted by Gasteiger charge is -2.38. The van der Waals surface area contributed by atoms with E-state index in [1.165, 1.54) is 18.2 Å². The molecule has 2 amide bonds. The lowest BCUT2D eigenvalue weighted by atomic mass is 9.60. The monoisotopic (exact) mass is 495 g/mol. The highest BCUT2D eigenvalue weighted by Crippen LogP contribution is 2.66. The van der Waals surface area contributed by atoms with Gasteiger partial charge in [0, 0.05) is 28.5 Å². The van der Waals surface area contributed by atoms with E-state index in [0.717, 1.165) is 6.42 Å². The fourth-order valence-electron chi connectivity index (χ4n) is 7.45. The molecule has 0 radical (unpaired) electrons. The first-order chi connectivity index (χ1) is 17.9. The van der Waals surface area contributed by atoms with Crippen LogP contribution in [0.2, 0.25) is 0 Å². The molecule has 4 heterocycles. The lowest BCUT2D eigenvalue weighted by Crippen LogP contribution is -2.55. The van der Waals surface area contributed by atoms with Gasteiger partial charge in [-0.05, 0) is 49.2 Å². The second kappa shape index (κ2) is 7.48. The normalized spacial score (nSPS) is 29.2. The standard InChI is InChI=1S/C28H23N4O5/c33-23(16-7-5-8-17(15-16)32(36)37)24-27(18-9-1-3-11-20(18)29-25(27)34)22-13-6-14-31(22)28(24)19-10-2-4-12-21(19)30-26(28)35/h1-5,7-12,15,22,24,36H,6,13-14H2,(H,29,34)(H,30,35)/q-1/t22-,24+,27+,28-/m1/s1. The van der Waals surface area contributed by atoms with Gasteiger partial charge < -0.3 is 21.1 Å². The van der Waals surface area contributed by atoms with E-state index in [0.29, 0.717) is 35.5 Å². The maximum atomic E-state index is 14.7. The van der Waals surface area contributed by atoms with Crippen LogP contribution in [0.3, 0.4) is 0 Å². The Labute approximate surface area is 212 Å². The summed E-state index contributed by atoms with van der Waals surface area (Å²) in [6.45, 7) is 0.554. The number of anilines is 3. The third-order valence-corrected chi connectivity index (χ3v) is 8.65. The first kappa shape index (κ1) is 22.2. The van der Waals surface area contributed by atoms with Crippen molar-refractivity contribution < 1.29 is 19.6 Å². The summed E-state index contributed by atoms with van der Waals surface area (Å²) < 4.78 is 0. The van der Waals surface area contributed by atoms with Gasteiger partial charge in [-0.1, -0.05) is 48.5 Å². The van der Waals surface area contributed by atoms with E-state index in [9.17, 15) is 24.8 Å². The highest BCUT2D eigenvalue weighted by Gasteiger charge is 2.78. The minimum absolute atomic E-state index is 0.111. The summed E-state index contributed by atoms with van der Waals surface area (Å²) in [5.41, 5.74) is -0.0884. The summed E-state index contributed by atoms with van der Waals surface area (Å²) in [4.78, 5) is 45.1. The van der Waals surface area contributed by atoms with Crippen LogP contribution in [0, 0.1) is 11.1 Å². The van der Waals surface area contributed by atoms with E-state index in [1.807, 2.05) is 48.5 Å². The summed E-state index contributed by atoms with van der Waals surface area (Å²) in [5.74, 6) is -2.19. The van der Waals surface area contributed by atoms with E-state index in [2.05, 4.69) is 15.5 Å². The van der Waals surface area contributed by atoms with E-state index in [4.69, 9.17) is 0 Å². The Morgan fingerprint density at radius 2 is 1.62 bits per heavy atom. The van der Waals surface area contributed by atoms with Crippen LogP contribution < -0.4 is 15.9 Å². The van der Waals surface area contributed by atoms with Crippen molar-refractivity contribution in [2.75, 3.05) is 22.4 Å². The predicted octanol–water partition coefficient (Wildman–Crippen LogP) is 3.39. The van der Waals surface area contributed by atoms with E-state index in [1.54, 1.807) is 6.07 Å². The van der Waals surface area contributed by atoms with Gasteiger partial charge >= 0.3 is 0 Å². The Hall–Kier alpha value is -4.05. The highest BCUT2D eigenvalue weighted by molar-refractivity contribution is 6.18. The molecule has 2 spiro atoms. The van der Waals surface area contributed by atoms with Crippen LogP contribution in [0.25, 0.3) is 0 Å². The molecule has 7 rings (SSSR count). The molecule has 9 nitrogen and oxygen atoms in total. The first-order valence-corrected chi connectivity index (χ1v) is 12.3. The number of benzene rings is 3. The Balaban J connectivity index is 1.56. The van der Waals surface area contributed by atoms with E-state index in [-0.39, 0.29) is 34.3 Å². The number of rotatable bonds is 3. The highest BCUT2D eigenvalue weighted by atomic mass is 16.8. The smallest absolute Gasteiger partial charge is 0.250 e. The quantitative estimate of drug-likeness (QED) is 0.376. The molecule has 0 aromatic heterocycles. The molecule has 2 fully saturated rings. The van der Waals surface area contributed by atoms with Crippen LogP contribution in [0.4, 0.5) is 17.1 Å². The molecular formula is C28H23N4O5-. The van der Waals surface area contributed by atoms with Gasteiger partial charge in [0.1, 0.15) is 11.0 Å². The third-order valence-electron chi connectivity index (χ3n) is 8.65. The summed E-state index contributed by atoms with van der Waals surface area (Å²) in [6, 6.07) is 20.0. The first-order valence-electron chi connectivity index (χ1n) is 12.3. The fraction of sp³-hybridized carbons (Fsp3) is 0.250. The Morgan fingerprint density at radius 3 is 2.38 bits per heavy atom. The van der Waals surface area contributed by atoms with E-state index >= 15 is 0 Å². The van der Waals surface area contributed by atoms with Crippen LogP contribution in [0.15, 0.2) is 72.8 Å². The van der Waals surface area contributed by atoms with Gasteiger partial charge in [-0.25, -0.2) is 0 Å². The van der Waals surface area contributed by atoms with Crippen molar-refractivity contribution >= 4 is 34.7 Å². The number of ketones is 1. The molecule has 0 saturated carbocycles. The fourth-order valence-corrected chi connectivity index (χ4v) is 7.45. The summed E-state index contributed by atoms with van der Waals surface area (Å²) >= 11 is 0. The molecule has 2 saturated heterocycles. The van der Waals surface area contributed by atoms with Gasteiger partial charge in [-0.2, -0.15) is 0 Å². The van der Waals surface area contributed by atoms with Gasteiger partial charge in [0.25, 0.3) is 0 Å². The second-order valence-corrected chi connectivity index (χ2v) is 10.1. The molecule has 3 aromatic rings. The van der Waals surface area contributed by atoms with Crippen LogP contribution in [0.5, 0.6) is 0 Å². The summed E-state index contributed by atoms with van der Waals surface area (Å²) in [7, 11) is 0. The maximum absolute atomic E-state index is 14.7. The lowest BCUT2D eigenvalue weighted by molar-refractivity contribution is -0.128. The minimum atomic E-state index is -1.42. The molecule has 4 aliphatic rings. The van der Waals surface area contributed by atoms with Crippen LogP contribution in [-0.2, 0) is 20.5 Å². The van der Waals surface area contributed by atoms with Crippen molar-refractivity contribution in [3.8, 4) is 0 Å². The van der Waals surface area contributed by atoms with Gasteiger partial charge in [0.05, 0.1) is 11.6 Å². The number of Topliss-reactive ketones (excluding diaryl/α,β-unsaturated/α-hetero) is 1. The average molecular weight is 496 g/mol. The molecule has 0 unspecified atom stereocenters. The van der Waals surface area contributed by atoms with Gasteiger partial charge in [-0.3, -0.25) is 24.5 Å². The topological polar surface area (TPSA) is 125 Å². The third kappa shape index (κ3) is 2.55. The van der Waals surface area contributed by atoms with Crippen LogP contribution in [-0.4, -0.2) is 40.3 Å². The summed E-state index contributed by atoms with van der Waals surface area (Å²) in [5, 5.41) is 26.9. The number of carbonyl (C=O) groups excluding carboxylic acids is 3. The van der Waals surface area contributed by atoms with Crippen molar-refractivity contribution in [2.24, 2.45) is 5.92 Å². The second-order valence-electron chi connectivity index (χ2n) is 10.1. The number of nitrogens with zero attached hydrogens (tertiary/aromatic N) is 2. The summed E-state index contributed by atoms with van der Waals surface area (Å²) in [6.07, 6.45) is 1.43. The molecule has 0 aliphatic carbocycles. The molecule has 9 heteroatoms. The zero-order chi connectivity index (χ0) is 25.5. The molecule has 3 aromatic carbocycles. The van der Waals surface area contributed by atoms with E-state index < -0.39 is 22.7 Å². The molecular weight excluding hydrogens is 472 g/mol. The van der Waals surface area contributed by atoms with Crippen molar-refractivity contribution in [3.63, 3.8) is 0 Å². The largest absolute Gasteiger partial charge is 0.733 e. The Morgan fingerprint density at radius 1 is 0.946 bits per heavy atom. The maximum Gasteiger partial charge on any atom is 0.250 e. The molecule has 3 N–H and O–H groups in total. The number of amides is 2. The van der Waals surface area contributed by atoms with Gasteiger partial charge in [0.2, 0.25) is 11.8 Å². The number of carbonyl (C=O) groups is 3. The number of para-hydroxylation sites is 2. The molecule has 4 aliphatic heterocycles. The Kier molecular flexibility index (Phi) is 4.48. The van der Waals surface area contributed by atoms with Gasteiger partial charge in [0.15, 0.2) is 5.78 Å². The number of hydrogen-bond donors (Lipinski definition) is 3. The molecule has 4 atom stereocenters. The number of nitrogens with one attached hydrogen (secondary N) is 2. The van der Waals surface area contributed by atoms with Crippen molar-refractivity contribution in [3.05, 3.63) is 94.7 Å². The van der Waals surface area contributed by atoms with Crippen molar-refractivity contribution in [1.82, 2.24) is 4.90 Å². The SMILES string of the molecule is O=C(c1cccc(N([O-])O)c1)[C@H]1[C@@]2(C(=O)Nc3ccccc32)[C@H]2CCCN2[C@@]12C(=O)Nc1ccccc12. The molecule has 0 bridgehead atoms. The number of fused-ring (bicyclic) bond motifs is 7.